The van der Waals surface area contributed by atoms with Crippen LogP contribution in [0.1, 0.15) is 11.1 Å². The van der Waals surface area contributed by atoms with Crippen LogP contribution in [-0.4, -0.2) is 17.4 Å². The van der Waals surface area contributed by atoms with Gasteiger partial charge in [-0.25, -0.2) is 17.4 Å². The molecule has 2 heterocycles. The highest BCUT2D eigenvalue weighted by Gasteiger charge is 2.24. The standard InChI is InChI=1S/C21H17BrN2O2S/c1-14-3-7-16(8-4-14)20-12-17-11-18(22)13-23-21(17)24(20)27(25,26)19-9-5-15(2)6-10-19/h3-13H,1-2H3. The summed E-state index contributed by atoms with van der Waals surface area (Å²) in [5, 5.41) is 0.760. The third-order valence-corrected chi connectivity index (χ3v) is 6.62. The number of hydrogen-bond donors (Lipinski definition) is 0. The number of nitrogens with zero attached hydrogens (tertiary/aromatic N) is 2. The van der Waals surface area contributed by atoms with Crippen LogP contribution in [-0.2, 0) is 10.0 Å². The summed E-state index contributed by atoms with van der Waals surface area (Å²) in [4.78, 5) is 4.63. The number of rotatable bonds is 3. The maximum atomic E-state index is 13.5. The second-order valence-corrected chi connectivity index (χ2v) is 9.25. The summed E-state index contributed by atoms with van der Waals surface area (Å²) < 4.78 is 29.1. The van der Waals surface area contributed by atoms with Gasteiger partial charge in [-0.1, -0.05) is 47.5 Å². The highest BCUT2D eigenvalue weighted by molar-refractivity contribution is 9.10. The Hall–Kier alpha value is -2.44. The van der Waals surface area contributed by atoms with E-state index >= 15 is 0 Å². The first-order valence-electron chi connectivity index (χ1n) is 8.42. The molecule has 2 aromatic carbocycles. The van der Waals surface area contributed by atoms with Crippen LogP contribution in [0.4, 0.5) is 0 Å². The zero-order valence-corrected chi connectivity index (χ0v) is 17.3. The van der Waals surface area contributed by atoms with Crippen molar-refractivity contribution >= 4 is 37.0 Å². The van der Waals surface area contributed by atoms with E-state index in [1.54, 1.807) is 30.5 Å². The minimum atomic E-state index is -3.80. The van der Waals surface area contributed by atoms with Crippen LogP contribution in [0, 0.1) is 13.8 Å². The van der Waals surface area contributed by atoms with Gasteiger partial charge in [-0.05, 0) is 59.6 Å². The maximum absolute atomic E-state index is 13.5. The van der Waals surface area contributed by atoms with Gasteiger partial charge in [-0.2, -0.15) is 0 Å². The van der Waals surface area contributed by atoms with Gasteiger partial charge in [0.1, 0.15) is 0 Å². The van der Waals surface area contributed by atoms with E-state index in [1.807, 2.05) is 50.2 Å². The molecular weight excluding hydrogens is 424 g/mol. The van der Waals surface area contributed by atoms with Crippen LogP contribution in [0.3, 0.4) is 0 Å². The molecule has 0 amide bonds. The van der Waals surface area contributed by atoms with E-state index in [2.05, 4.69) is 20.9 Å². The quantitative estimate of drug-likeness (QED) is 0.433. The Labute approximate surface area is 166 Å². The Morgan fingerprint density at radius 3 is 2.11 bits per heavy atom. The number of benzene rings is 2. The Balaban J connectivity index is 2.04. The number of aromatic nitrogens is 2. The Morgan fingerprint density at radius 2 is 1.48 bits per heavy atom. The number of fused-ring (bicyclic) bond motifs is 1. The summed E-state index contributed by atoms with van der Waals surface area (Å²) in [6.45, 7) is 3.93. The van der Waals surface area contributed by atoms with Crippen molar-refractivity contribution in [1.29, 1.82) is 0 Å². The third-order valence-electron chi connectivity index (χ3n) is 4.47. The minimum Gasteiger partial charge on any atom is -0.236 e. The molecule has 0 aliphatic carbocycles. The molecule has 2 aromatic heterocycles. The van der Waals surface area contributed by atoms with Crippen LogP contribution in [0.25, 0.3) is 22.3 Å². The molecular formula is C21H17BrN2O2S. The topological polar surface area (TPSA) is 52.0 Å². The van der Waals surface area contributed by atoms with Crippen molar-refractivity contribution in [3.63, 3.8) is 0 Å². The van der Waals surface area contributed by atoms with E-state index in [0.29, 0.717) is 11.3 Å². The van der Waals surface area contributed by atoms with Crippen molar-refractivity contribution in [2.75, 3.05) is 0 Å². The predicted molar refractivity (Wildman–Crippen MR) is 111 cm³/mol. The molecule has 0 bridgehead atoms. The van der Waals surface area contributed by atoms with Crippen molar-refractivity contribution in [3.05, 3.63) is 82.5 Å². The number of pyridine rings is 1. The van der Waals surface area contributed by atoms with E-state index < -0.39 is 10.0 Å². The fourth-order valence-corrected chi connectivity index (χ4v) is 4.86. The van der Waals surface area contributed by atoms with E-state index in [4.69, 9.17) is 0 Å². The normalized spacial score (nSPS) is 11.8. The molecule has 0 saturated carbocycles. The summed E-state index contributed by atoms with van der Waals surface area (Å²) in [6, 6.07) is 18.4. The van der Waals surface area contributed by atoms with Crippen LogP contribution < -0.4 is 0 Å². The second kappa shape index (κ2) is 6.62. The molecule has 0 aliphatic rings. The second-order valence-electron chi connectivity index (χ2n) is 6.54. The molecule has 4 rings (SSSR count). The summed E-state index contributed by atoms with van der Waals surface area (Å²) in [5.74, 6) is 0. The molecule has 0 fully saturated rings. The molecule has 4 nitrogen and oxygen atoms in total. The first-order chi connectivity index (χ1) is 12.9. The van der Waals surface area contributed by atoms with Crippen LogP contribution in [0.5, 0.6) is 0 Å². The zero-order valence-electron chi connectivity index (χ0n) is 14.8. The molecule has 0 radical (unpaired) electrons. The highest BCUT2D eigenvalue weighted by atomic mass is 79.9. The molecule has 0 atom stereocenters. The predicted octanol–water partition coefficient (Wildman–Crippen LogP) is 5.32. The minimum absolute atomic E-state index is 0.240. The van der Waals surface area contributed by atoms with E-state index in [-0.39, 0.29) is 4.90 Å². The average molecular weight is 441 g/mol. The first kappa shape index (κ1) is 17.9. The molecule has 0 N–H and O–H groups in total. The number of hydrogen-bond acceptors (Lipinski definition) is 3. The van der Waals surface area contributed by atoms with Gasteiger partial charge in [0.15, 0.2) is 5.65 Å². The fraction of sp³-hybridized carbons (Fsp3) is 0.0952. The molecule has 0 unspecified atom stereocenters. The monoisotopic (exact) mass is 440 g/mol. The lowest BCUT2D eigenvalue weighted by atomic mass is 10.1. The molecule has 27 heavy (non-hydrogen) atoms. The van der Waals surface area contributed by atoms with E-state index in [0.717, 1.165) is 26.5 Å². The van der Waals surface area contributed by atoms with Gasteiger partial charge < -0.3 is 0 Å². The van der Waals surface area contributed by atoms with Gasteiger partial charge in [0.2, 0.25) is 0 Å². The largest absolute Gasteiger partial charge is 0.269 e. The zero-order chi connectivity index (χ0) is 19.2. The molecule has 0 saturated heterocycles. The van der Waals surface area contributed by atoms with E-state index in [9.17, 15) is 8.42 Å². The third kappa shape index (κ3) is 3.19. The Morgan fingerprint density at radius 1 is 0.889 bits per heavy atom. The van der Waals surface area contributed by atoms with Gasteiger partial charge in [-0.3, -0.25) is 0 Å². The van der Waals surface area contributed by atoms with Crippen LogP contribution in [0.15, 0.2) is 76.2 Å². The van der Waals surface area contributed by atoms with Crippen LogP contribution in [0.2, 0.25) is 0 Å². The maximum Gasteiger partial charge on any atom is 0.269 e. The summed E-state index contributed by atoms with van der Waals surface area (Å²) >= 11 is 3.41. The van der Waals surface area contributed by atoms with Crippen LogP contribution >= 0.6 is 15.9 Å². The number of aryl methyl sites for hydroxylation is 2. The summed E-state index contributed by atoms with van der Waals surface area (Å²) in [7, 11) is -3.80. The molecule has 4 aromatic rings. The van der Waals surface area contributed by atoms with Gasteiger partial charge in [0.25, 0.3) is 10.0 Å². The Kier molecular flexibility index (Phi) is 4.40. The smallest absolute Gasteiger partial charge is 0.236 e. The lowest BCUT2D eigenvalue weighted by Gasteiger charge is -2.12. The van der Waals surface area contributed by atoms with Crippen molar-refractivity contribution < 1.29 is 8.42 Å². The van der Waals surface area contributed by atoms with Crippen molar-refractivity contribution in [1.82, 2.24) is 8.96 Å². The van der Waals surface area contributed by atoms with E-state index in [1.165, 1.54) is 3.97 Å². The van der Waals surface area contributed by atoms with Gasteiger partial charge in [-0.15, -0.1) is 0 Å². The lowest BCUT2D eigenvalue weighted by Crippen LogP contribution is -2.14. The molecule has 136 valence electrons. The van der Waals surface area contributed by atoms with Gasteiger partial charge in [0, 0.05) is 16.1 Å². The number of halogens is 1. The van der Waals surface area contributed by atoms with Crippen molar-refractivity contribution in [3.8, 4) is 11.3 Å². The van der Waals surface area contributed by atoms with Gasteiger partial charge in [0.05, 0.1) is 10.6 Å². The van der Waals surface area contributed by atoms with Crippen molar-refractivity contribution in [2.24, 2.45) is 0 Å². The summed E-state index contributed by atoms with van der Waals surface area (Å²) in [5.41, 5.74) is 3.95. The average Bonchev–Trinajstić information content (AvgIpc) is 3.02. The summed E-state index contributed by atoms with van der Waals surface area (Å²) in [6.07, 6.45) is 1.61. The first-order valence-corrected chi connectivity index (χ1v) is 10.7. The highest BCUT2D eigenvalue weighted by Crippen LogP contribution is 2.32. The fourth-order valence-electron chi connectivity index (χ4n) is 3.03. The molecule has 0 spiro atoms. The molecule has 6 heteroatoms. The van der Waals surface area contributed by atoms with Crippen molar-refractivity contribution in [2.45, 2.75) is 18.7 Å². The SMILES string of the molecule is Cc1ccc(-c2cc3cc(Br)cnc3n2S(=O)(=O)c2ccc(C)cc2)cc1. The van der Waals surface area contributed by atoms with Gasteiger partial charge >= 0.3 is 0 Å². The Bertz CT molecular complexity index is 1240. The molecule has 0 aliphatic heterocycles. The lowest BCUT2D eigenvalue weighted by molar-refractivity contribution is 0.589.